The second kappa shape index (κ2) is 2.31. The van der Waals surface area contributed by atoms with Crippen LogP contribution >= 0.6 is 11.3 Å². The van der Waals surface area contributed by atoms with Crippen LogP contribution in [-0.4, -0.2) is 9.97 Å². The van der Waals surface area contributed by atoms with Crippen LogP contribution in [0.2, 0.25) is 0 Å². The van der Waals surface area contributed by atoms with Crippen LogP contribution in [0.3, 0.4) is 0 Å². The van der Waals surface area contributed by atoms with E-state index in [2.05, 4.69) is 9.97 Å². The average molecular weight is 181 g/mol. The van der Waals surface area contributed by atoms with Gasteiger partial charge in [0.25, 0.3) is 5.56 Å². The second-order valence-electron chi connectivity index (χ2n) is 2.48. The van der Waals surface area contributed by atoms with Gasteiger partial charge in [-0.2, -0.15) is 0 Å². The third kappa shape index (κ3) is 0.831. The maximum atomic E-state index is 11.2. The summed E-state index contributed by atoms with van der Waals surface area (Å²) >= 11 is 1.44. The van der Waals surface area contributed by atoms with Gasteiger partial charge in [0, 0.05) is 4.88 Å². The maximum absolute atomic E-state index is 11.2. The van der Waals surface area contributed by atoms with Gasteiger partial charge < -0.3 is 10.7 Å². The molecule has 0 spiro atoms. The standard InChI is InChI=1S/C7H7N3OS/c1-3-5(8)4-6(11)9-2-10-7(4)12-3/h2H,8H2,1H3,(H,9,10,11). The van der Waals surface area contributed by atoms with E-state index in [9.17, 15) is 4.79 Å². The minimum atomic E-state index is -0.165. The number of thiophene rings is 1. The summed E-state index contributed by atoms with van der Waals surface area (Å²) in [5.41, 5.74) is 6.07. The summed E-state index contributed by atoms with van der Waals surface area (Å²) in [4.78, 5) is 19.4. The Labute approximate surface area is 72.1 Å². The van der Waals surface area contributed by atoms with E-state index in [1.807, 2.05) is 6.92 Å². The Morgan fingerprint density at radius 1 is 1.67 bits per heavy atom. The second-order valence-corrected chi connectivity index (χ2v) is 3.69. The first-order valence-corrected chi connectivity index (χ1v) is 4.24. The normalized spacial score (nSPS) is 10.8. The number of fused-ring (bicyclic) bond motifs is 1. The summed E-state index contributed by atoms with van der Waals surface area (Å²) in [6.07, 6.45) is 1.39. The molecule has 0 aliphatic rings. The topological polar surface area (TPSA) is 71.8 Å². The molecule has 0 amide bonds. The number of anilines is 1. The van der Waals surface area contributed by atoms with Gasteiger partial charge in [-0.05, 0) is 6.92 Å². The number of nitrogens with one attached hydrogen (secondary N) is 1. The van der Waals surface area contributed by atoms with Gasteiger partial charge in [0.1, 0.15) is 4.83 Å². The molecule has 0 saturated heterocycles. The van der Waals surface area contributed by atoms with Crippen molar-refractivity contribution >= 4 is 27.2 Å². The molecule has 2 aromatic rings. The number of hydrogen-bond acceptors (Lipinski definition) is 4. The molecule has 0 radical (unpaired) electrons. The largest absolute Gasteiger partial charge is 0.397 e. The van der Waals surface area contributed by atoms with E-state index in [1.165, 1.54) is 17.7 Å². The van der Waals surface area contributed by atoms with Crippen molar-refractivity contribution in [3.8, 4) is 0 Å². The molecule has 0 aliphatic heterocycles. The highest BCUT2D eigenvalue weighted by molar-refractivity contribution is 7.19. The minimum Gasteiger partial charge on any atom is -0.397 e. The van der Waals surface area contributed by atoms with Crippen LogP contribution < -0.4 is 11.3 Å². The number of hydrogen-bond donors (Lipinski definition) is 2. The number of nitrogen functional groups attached to an aromatic ring is 1. The summed E-state index contributed by atoms with van der Waals surface area (Å²) < 4.78 is 0. The SMILES string of the molecule is Cc1sc2nc[nH]c(=O)c2c1N. The molecule has 0 saturated carbocycles. The van der Waals surface area contributed by atoms with Crippen molar-refractivity contribution in [2.75, 3.05) is 5.73 Å². The van der Waals surface area contributed by atoms with Gasteiger partial charge in [0.05, 0.1) is 17.4 Å². The molecule has 0 unspecified atom stereocenters. The fraction of sp³-hybridized carbons (Fsp3) is 0.143. The van der Waals surface area contributed by atoms with Gasteiger partial charge in [-0.25, -0.2) is 4.98 Å². The first kappa shape index (κ1) is 7.30. The molecule has 0 aromatic carbocycles. The highest BCUT2D eigenvalue weighted by Crippen LogP contribution is 2.27. The van der Waals surface area contributed by atoms with Gasteiger partial charge in [-0.15, -0.1) is 11.3 Å². The third-order valence-electron chi connectivity index (χ3n) is 1.72. The summed E-state index contributed by atoms with van der Waals surface area (Å²) in [5.74, 6) is 0. The zero-order valence-electron chi connectivity index (χ0n) is 6.42. The molecule has 3 N–H and O–H groups in total. The molecular weight excluding hydrogens is 174 g/mol. The van der Waals surface area contributed by atoms with Gasteiger partial charge in [-0.3, -0.25) is 4.79 Å². The first-order valence-electron chi connectivity index (χ1n) is 3.42. The van der Waals surface area contributed by atoms with Crippen molar-refractivity contribution in [3.63, 3.8) is 0 Å². The number of aromatic nitrogens is 2. The molecule has 2 rings (SSSR count). The van der Waals surface area contributed by atoms with Crippen molar-refractivity contribution < 1.29 is 0 Å². The van der Waals surface area contributed by atoms with E-state index in [0.717, 1.165) is 4.88 Å². The van der Waals surface area contributed by atoms with Crippen LogP contribution in [0.4, 0.5) is 5.69 Å². The van der Waals surface area contributed by atoms with E-state index in [1.54, 1.807) is 0 Å². The van der Waals surface area contributed by atoms with Crippen LogP contribution in [0.1, 0.15) is 4.88 Å². The van der Waals surface area contributed by atoms with Crippen molar-refractivity contribution in [1.29, 1.82) is 0 Å². The number of aryl methyl sites for hydroxylation is 1. The van der Waals surface area contributed by atoms with Gasteiger partial charge in [0.2, 0.25) is 0 Å². The molecular formula is C7H7N3OS. The van der Waals surface area contributed by atoms with Crippen LogP contribution in [0, 0.1) is 6.92 Å². The molecule has 62 valence electrons. The Balaban J connectivity index is 3.07. The van der Waals surface area contributed by atoms with Gasteiger partial charge in [0.15, 0.2) is 0 Å². The van der Waals surface area contributed by atoms with E-state index in [0.29, 0.717) is 15.9 Å². The Kier molecular flexibility index (Phi) is 1.41. The van der Waals surface area contributed by atoms with Crippen molar-refractivity contribution in [3.05, 3.63) is 21.6 Å². The van der Waals surface area contributed by atoms with Gasteiger partial charge in [-0.1, -0.05) is 0 Å². The van der Waals surface area contributed by atoms with Crippen LogP contribution in [0.5, 0.6) is 0 Å². The number of nitrogens with two attached hydrogens (primary N) is 1. The lowest BCUT2D eigenvalue weighted by Gasteiger charge is -1.88. The first-order chi connectivity index (χ1) is 5.70. The lowest BCUT2D eigenvalue weighted by atomic mass is 10.3. The average Bonchev–Trinajstić information content (AvgIpc) is 2.29. The Bertz CT molecular complexity index is 485. The zero-order chi connectivity index (χ0) is 8.72. The Morgan fingerprint density at radius 2 is 2.42 bits per heavy atom. The highest BCUT2D eigenvalue weighted by Gasteiger charge is 2.08. The molecule has 5 heteroatoms. The van der Waals surface area contributed by atoms with Crippen molar-refractivity contribution in [1.82, 2.24) is 9.97 Å². The van der Waals surface area contributed by atoms with E-state index in [-0.39, 0.29) is 5.56 Å². The van der Waals surface area contributed by atoms with Crippen LogP contribution in [-0.2, 0) is 0 Å². The molecule has 0 atom stereocenters. The molecule has 12 heavy (non-hydrogen) atoms. The lowest BCUT2D eigenvalue weighted by Crippen LogP contribution is -2.06. The summed E-state index contributed by atoms with van der Waals surface area (Å²) in [6.45, 7) is 1.88. The number of aromatic amines is 1. The highest BCUT2D eigenvalue weighted by atomic mass is 32.1. The van der Waals surface area contributed by atoms with Crippen LogP contribution in [0.25, 0.3) is 10.2 Å². The summed E-state index contributed by atoms with van der Waals surface area (Å²) in [6, 6.07) is 0. The summed E-state index contributed by atoms with van der Waals surface area (Å²) in [7, 11) is 0. The predicted molar refractivity (Wildman–Crippen MR) is 49.4 cm³/mol. The minimum absolute atomic E-state index is 0.165. The number of rotatable bonds is 0. The monoisotopic (exact) mass is 181 g/mol. The lowest BCUT2D eigenvalue weighted by molar-refractivity contribution is 1.18. The quantitative estimate of drug-likeness (QED) is 0.633. The predicted octanol–water partition coefficient (Wildman–Crippen LogP) is 0.875. The summed E-state index contributed by atoms with van der Waals surface area (Å²) in [5, 5.41) is 0.514. The van der Waals surface area contributed by atoms with Crippen molar-refractivity contribution in [2.45, 2.75) is 6.92 Å². The van der Waals surface area contributed by atoms with Crippen molar-refractivity contribution in [2.24, 2.45) is 0 Å². The fourth-order valence-electron chi connectivity index (χ4n) is 1.07. The zero-order valence-corrected chi connectivity index (χ0v) is 7.23. The van der Waals surface area contributed by atoms with E-state index in [4.69, 9.17) is 5.73 Å². The van der Waals surface area contributed by atoms with E-state index >= 15 is 0 Å². The Hall–Kier alpha value is -1.36. The molecule has 2 aromatic heterocycles. The third-order valence-corrected chi connectivity index (χ3v) is 2.75. The molecule has 0 bridgehead atoms. The molecule has 2 heterocycles. The smallest absolute Gasteiger partial charge is 0.261 e. The Morgan fingerprint density at radius 3 is 3.08 bits per heavy atom. The number of H-pyrrole nitrogens is 1. The molecule has 0 fully saturated rings. The maximum Gasteiger partial charge on any atom is 0.261 e. The van der Waals surface area contributed by atoms with Gasteiger partial charge >= 0.3 is 0 Å². The van der Waals surface area contributed by atoms with Crippen LogP contribution in [0.15, 0.2) is 11.1 Å². The fourth-order valence-corrected chi connectivity index (χ4v) is 1.99. The number of nitrogens with zero attached hydrogens (tertiary/aromatic N) is 1. The van der Waals surface area contributed by atoms with E-state index < -0.39 is 0 Å². The molecule has 4 nitrogen and oxygen atoms in total. The molecule has 0 aliphatic carbocycles.